The number of rotatable bonds is 6. The van der Waals surface area contributed by atoms with Crippen LogP contribution in [0.5, 0.6) is 0 Å². The zero-order chi connectivity index (χ0) is 16.8. The van der Waals surface area contributed by atoms with Crippen molar-refractivity contribution in [3.8, 4) is 0 Å². The fourth-order valence-electron chi connectivity index (χ4n) is 2.23. The highest BCUT2D eigenvalue weighted by molar-refractivity contribution is 7.99. The minimum atomic E-state index is 0.595. The van der Waals surface area contributed by atoms with Crippen molar-refractivity contribution in [2.75, 3.05) is 18.4 Å². The molecule has 0 amide bonds. The Labute approximate surface area is 147 Å². The molecule has 1 aromatic carbocycles. The van der Waals surface area contributed by atoms with Gasteiger partial charge in [0.2, 0.25) is 0 Å². The predicted octanol–water partition coefficient (Wildman–Crippen LogP) is 2.92. The number of aromatic nitrogens is 2. The lowest BCUT2D eigenvalue weighted by atomic mass is 10.3. The average Bonchev–Trinajstić information content (AvgIpc) is 2.77. The molecule has 5 nitrogen and oxygen atoms in total. The summed E-state index contributed by atoms with van der Waals surface area (Å²) in [6.45, 7) is 8.29. The van der Waals surface area contributed by atoms with Gasteiger partial charge in [0.1, 0.15) is 0 Å². The molecule has 0 aliphatic heterocycles. The third-order valence-electron chi connectivity index (χ3n) is 3.33. The lowest BCUT2D eigenvalue weighted by molar-refractivity contribution is 0.602. The Morgan fingerprint density at radius 2 is 2.00 bits per heavy atom. The Hall–Kier alpha value is -1.57. The number of aryl methyl sites for hydroxylation is 1. The Morgan fingerprint density at radius 3 is 2.61 bits per heavy atom. The van der Waals surface area contributed by atoms with E-state index in [2.05, 4.69) is 34.8 Å². The molecule has 1 heterocycles. The number of anilines is 1. The van der Waals surface area contributed by atoms with Gasteiger partial charge >= 0.3 is 0 Å². The smallest absolute Gasteiger partial charge is 0.170 e. The lowest BCUT2D eigenvalue weighted by Crippen LogP contribution is -2.27. The molecule has 0 saturated carbocycles. The van der Waals surface area contributed by atoms with E-state index in [4.69, 9.17) is 18.0 Å². The molecule has 0 fully saturated rings. The molecule has 0 radical (unpaired) electrons. The largest absolute Gasteiger partial charge is 0.363 e. The summed E-state index contributed by atoms with van der Waals surface area (Å²) in [6.07, 6.45) is 0. The van der Waals surface area contributed by atoms with Crippen molar-refractivity contribution in [1.29, 1.82) is 0 Å². The van der Waals surface area contributed by atoms with E-state index >= 15 is 0 Å². The van der Waals surface area contributed by atoms with Crippen molar-refractivity contribution in [3.63, 3.8) is 0 Å². The minimum absolute atomic E-state index is 0.595. The zero-order valence-electron chi connectivity index (χ0n) is 13.7. The van der Waals surface area contributed by atoms with Gasteiger partial charge in [-0.2, -0.15) is 5.10 Å². The molecule has 0 bridgehead atoms. The summed E-state index contributed by atoms with van der Waals surface area (Å²) in [6, 6.07) is 8.23. The monoisotopic (exact) mass is 349 g/mol. The van der Waals surface area contributed by atoms with Crippen LogP contribution in [-0.4, -0.2) is 28.0 Å². The van der Waals surface area contributed by atoms with Gasteiger partial charge in [0, 0.05) is 29.4 Å². The first-order chi connectivity index (χ1) is 11.0. The summed E-state index contributed by atoms with van der Waals surface area (Å²) in [7, 11) is 0. The molecule has 7 heteroatoms. The molecular formula is C16H23N5S2. The molecule has 4 N–H and O–H groups in total. The van der Waals surface area contributed by atoms with E-state index in [1.807, 2.05) is 30.7 Å². The topological polar surface area (TPSA) is 67.9 Å². The SMILES string of the molecule is CCNC(=S)Nc1ccc(Sc2c(C)nn(CCN)c2C)cc1. The van der Waals surface area contributed by atoms with E-state index in [0.717, 1.165) is 30.2 Å². The molecule has 0 aliphatic carbocycles. The summed E-state index contributed by atoms with van der Waals surface area (Å²) >= 11 is 6.91. The third kappa shape index (κ3) is 4.70. The third-order valence-corrected chi connectivity index (χ3v) is 4.87. The van der Waals surface area contributed by atoms with Crippen LogP contribution in [0.15, 0.2) is 34.1 Å². The molecule has 1 aromatic heterocycles. The fourth-order valence-corrected chi connectivity index (χ4v) is 3.44. The van der Waals surface area contributed by atoms with Gasteiger partial charge < -0.3 is 16.4 Å². The van der Waals surface area contributed by atoms with Crippen LogP contribution < -0.4 is 16.4 Å². The van der Waals surface area contributed by atoms with Crippen molar-refractivity contribution >= 4 is 34.8 Å². The van der Waals surface area contributed by atoms with Crippen molar-refractivity contribution in [2.45, 2.75) is 37.1 Å². The van der Waals surface area contributed by atoms with Crippen LogP contribution in [0.3, 0.4) is 0 Å². The van der Waals surface area contributed by atoms with E-state index in [1.165, 1.54) is 9.79 Å². The van der Waals surface area contributed by atoms with Gasteiger partial charge in [0.15, 0.2) is 5.11 Å². The van der Waals surface area contributed by atoms with Crippen LogP contribution in [0.1, 0.15) is 18.3 Å². The number of thiocarbonyl (C=S) groups is 1. The highest BCUT2D eigenvalue weighted by atomic mass is 32.2. The first kappa shape index (κ1) is 17.8. The minimum Gasteiger partial charge on any atom is -0.363 e. The van der Waals surface area contributed by atoms with E-state index in [1.54, 1.807) is 11.8 Å². The van der Waals surface area contributed by atoms with Gasteiger partial charge in [-0.05, 0) is 57.3 Å². The zero-order valence-corrected chi connectivity index (χ0v) is 15.4. The van der Waals surface area contributed by atoms with Gasteiger partial charge in [-0.1, -0.05) is 11.8 Å². The molecular weight excluding hydrogens is 326 g/mol. The fraction of sp³-hybridized carbons (Fsp3) is 0.375. The highest BCUT2D eigenvalue weighted by Crippen LogP contribution is 2.33. The molecule has 23 heavy (non-hydrogen) atoms. The second-order valence-corrected chi connectivity index (χ2v) is 6.61. The number of benzene rings is 1. The predicted molar refractivity (Wildman–Crippen MR) is 101 cm³/mol. The standard InChI is InChI=1S/C16H23N5S2/c1-4-18-16(22)19-13-5-7-14(8-6-13)23-15-11(2)20-21(10-9-17)12(15)3/h5-8H,4,9-10,17H2,1-3H3,(H2,18,19,22). The van der Waals surface area contributed by atoms with Gasteiger partial charge in [-0.15, -0.1) is 0 Å². The number of hydrogen-bond donors (Lipinski definition) is 3. The molecule has 0 unspecified atom stereocenters. The van der Waals surface area contributed by atoms with Gasteiger partial charge in [0.05, 0.1) is 17.1 Å². The van der Waals surface area contributed by atoms with E-state index in [-0.39, 0.29) is 0 Å². The number of nitrogens with zero attached hydrogens (tertiary/aromatic N) is 2. The van der Waals surface area contributed by atoms with Crippen LogP contribution >= 0.6 is 24.0 Å². The molecule has 0 atom stereocenters. The van der Waals surface area contributed by atoms with Crippen LogP contribution in [0.4, 0.5) is 5.69 Å². The van der Waals surface area contributed by atoms with E-state index < -0.39 is 0 Å². The Kier molecular flexibility index (Phi) is 6.44. The lowest BCUT2D eigenvalue weighted by Gasteiger charge is -2.09. The van der Waals surface area contributed by atoms with Crippen LogP contribution in [-0.2, 0) is 6.54 Å². The highest BCUT2D eigenvalue weighted by Gasteiger charge is 2.12. The normalized spacial score (nSPS) is 10.6. The number of nitrogens with one attached hydrogen (secondary N) is 2. The number of hydrogen-bond acceptors (Lipinski definition) is 4. The van der Waals surface area contributed by atoms with Crippen LogP contribution in [0, 0.1) is 13.8 Å². The maximum atomic E-state index is 5.63. The maximum Gasteiger partial charge on any atom is 0.170 e. The van der Waals surface area contributed by atoms with Crippen LogP contribution in [0.2, 0.25) is 0 Å². The van der Waals surface area contributed by atoms with Crippen LogP contribution in [0.25, 0.3) is 0 Å². The van der Waals surface area contributed by atoms with Crippen molar-refractivity contribution in [1.82, 2.24) is 15.1 Å². The Morgan fingerprint density at radius 1 is 1.30 bits per heavy atom. The van der Waals surface area contributed by atoms with Gasteiger partial charge in [0.25, 0.3) is 0 Å². The molecule has 0 aliphatic rings. The molecule has 124 valence electrons. The van der Waals surface area contributed by atoms with Gasteiger partial charge in [-0.25, -0.2) is 0 Å². The molecule has 0 saturated heterocycles. The Balaban J connectivity index is 2.08. The first-order valence-electron chi connectivity index (χ1n) is 7.62. The van der Waals surface area contributed by atoms with E-state index in [0.29, 0.717) is 11.7 Å². The number of nitrogens with two attached hydrogens (primary N) is 1. The molecule has 2 rings (SSSR count). The second-order valence-electron chi connectivity index (χ2n) is 5.12. The quantitative estimate of drug-likeness (QED) is 0.697. The summed E-state index contributed by atoms with van der Waals surface area (Å²) in [5.41, 5.74) is 8.81. The summed E-state index contributed by atoms with van der Waals surface area (Å²) in [5.74, 6) is 0. The maximum absolute atomic E-state index is 5.63. The van der Waals surface area contributed by atoms with Crippen molar-refractivity contribution in [2.24, 2.45) is 5.73 Å². The summed E-state index contributed by atoms with van der Waals surface area (Å²) in [5, 5.41) is 11.4. The second kappa shape index (κ2) is 8.33. The molecule has 2 aromatic rings. The average molecular weight is 350 g/mol. The van der Waals surface area contributed by atoms with Crippen molar-refractivity contribution in [3.05, 3.63) is 35.7 Å². The van der Waals surface area contributed by atoms with Gasteiger partial charge in [-0.3, -0.25) is 4.68 Å². The first-order valence-corrected chi connectivity index (χ1v) is 8.84. The van der Waals surface area contributed by atoms with Crippen molar-refractivity contribution < 1.29 is 0 Å². The summed E-state index contributed by atoms with van der Waals surface area (Å²) < 4.78 is 1.97. The van der Waals surface area contributed by atoms with E-state index in [9.17, 15) is 0 Å². The molecule has 0 spiro atoms. The summed E-state index contributed by atoms with van der Waals surface area (Å²) in [4.78, 5) is 2.37. The Bertz CT molecular complexity index is 664.